The molecule has 1 saturated carbocycles. The number of nitrogens with one attached hydrogen (secondary N) is 1. The standard InChI is InChI=1S/C13H22N2O3/c1-18-13(17)11-8-15(9-12(16)14-11)10-6-4-2-3-5-7-10/h10-11H,2-9H2,1H3,(H,14,16). The van der Waals surface area contributed by atoms with Crippen molar-refractivity contribution >= 4 is 11.9 Å². The number of carbonyl (C=O) groups is 2. The highest BCUT2D eigenvalue weighted by atomic mass is 16.5. The number of hydrogen-bond acceptors (Lipinski definition) is 4. The summed E-state index contributed by atoms with van der Waals surface area (Å²) in [7, 11) is 1.36. The van der Waals surface area contributed by atoms with Gasteiger partial charge in [-0.2, -0.15) is 0 Å². The van der Waals surface area contributed by atoms with Crippen LogP contribution in [0, 0.1) is 0 Å². The fraction of sp³-hybridized carbons (Fsp3) is 0.846. The molecule has 0 aromatic heterocycles. The first-order valence-corrected chi connectivity index (χ1v) is 6.82. The van der Waals surface area contributed by atoms with Gasteiger partial charge in [-0.25, -0.2) is 4.79 Å². The number of esters is 1. The van der Waals surface area contributed by atoms with E-state index in [0.717, 1.165) is 12.8 Å². The highest BCUT2D eigenvalue weighted by molar-refractivity contribution is 5.87. The van der Waals surface area contributed by atoms with Gasteiger partial charge in [0.2, 0.25) is 5.91 Å². The molecule has 1 aliphatic heterocycles. The Morgan fingerprint density at radius 2 is 1.94 bits per heavy atom. The molecule has 18 heavy (non-hydrogen) atoms. The number of nitrogens with zero attached hydrogens (tertiary/aromatic N) is 1. The molecule has 0 aromatic rings. The average Bonchev–Trinajstić information content (AvgIpc) is 2.66. The van der Waals surface area contributed by atoms with Gasteiger partial charge in [-0.3, -0.25) is 9.69 Å². The Morgan fingerprint density at radius 3 is 2.56 bits per heavy atom. The van der Waals surface area contributed by atoms with Crippen molar-refractivity contribution in [2.24, 2.45) is 0 Å². The third kappa shape index (κ3) is 3.22. The maximum Gasteiger partial charge on any atom is 0.329 e. The van der Waals surface area contributed by atoms with Gasteiger partial charge in [-0.05, 0) is 12.8 Å². The summed E-state index contributed by atoms with van der Waals surface area (Å²) in [6.07, 6.45) is 7.31. The number of piperazine rings is 1. The topological polar surface area (TPSA) is 58.6 Å². The molecule has 0 aromatic carbocycles. The van der Waals surface area contributed by atoms with Crippen molar-refractivity contribution in [1.82, 2.24) is 10.2 Å². The van der Waals surface area contributed by atoms with Crippen LogP contribution in [0.3, 0.4) is 0 Å². The molecular formula is C13H22N2O3. The normalized spacial score (nSPS) is 27.4. The molecule has 1 aliphatic carbocycles. The second-order valence-corrected chi connectivity index (χ2v) is 5.22. The van der Waals surface area contributed by atoms with E-state index in [1.54, 1.807) is 0 Å². The summed E-state index contributed by atoms with van der Waals surface area (Å²) >= 11 is 0. The van der Waals surface area contributed by atoms with E-state index in [1.165, 1.54) is 32.8 Å². The van der Waals surface area contributed by atoms with Gasteiger partial charge >= 0.3 is 5.97 Å². The average molecular weight is 254 g/mol. The number of carbonyl (C=O) groups excluding carboxylic acids is 2. The number of methoxy groups -OCH3 is 1. The van der Waals surface area contributed by atoms with Crippen molar-refractivity contribution in [2.45, 2.75) is 50.6 Å². The van der Waals surface area contributed by atoms with Gasteiger partial charge in [0, 0.05) is 12.6 Å². The van der Waals surface area contributed by atoms with E-state index in [4.69, 9.17) is 4.74 Å². The molecule has 1 heterocycles. The molecule has 5 nitrogen and oxygen atoms in total. The maximum atomic E-state index is 11.7. The van der Waals surface area contributed by atoms with E-state index in [9.17, 15) is 9.59 Å². The van der Waals surface area contributed by atoms with Gasteiger partial charge in [0.1, 0.15) is 6.04 Å². The van der Waals surface area contributed by atoms with Crippen LogP contribution in [-0.2, 0) is 14.3 Å². The lowest BCUT2D eigenvalue weighted by Gasteiger charge is -2.36. The van der Waals surface area contributed by atoms with E-state index in [1.807, 2.05) is 0 Å². The van der Waals surface area contributed by atoms with Crippen molar-refractivity contribution in [1.29, 1.82) is 0 Å². The molecule has 2 rings (SSSR count). The molecular weight excluding hydrogens is 232 g/mol. The Kier molecular flexibility index (Phi) is 4.58. The Morgan fingerprint density at radius 1 is 1.28 bits per heavy atom. The fourth-order valence-corrected chi connectivity index (χ4v) is 2.95. The summed E-state index contributed by atoms with van der Waals surface area (Å²) in [4.78, 5) is 25.4. The maximum absolute atomic E-state index is 11.7. The molecule has 0 radical (unpaired) electrons. The molecule has 2 aliphatic rings. The molecule has 2 fully saturated rings. The first-order valence-electron chi connectivity index (χ1n) is 6.82. The van der Waals surface area contributed by atoms with Crippen LogP contribution in [0.4, 0.5) is 0 Å². The first-order chi connectivity index (χ1) is 8.70. The SMILES string of the molecule is COC(=O)C1CN(C2CCCCCC2)CC(=O)N1. The van der Waals surface area contributed by atoms with E-state index < -0.39 is 6.04 Å². The van der Waals surface area contributed by atoms with E-state index in [0.29, 0.717) is 19.1 Å². The lowest BCUT2D eigenvalue weighted by Crippen LogP contribution is -2.59. The van der Waals surface area contributed by atoms with E-state index in [-0.39, 0.29) is 11.9 Å². The van der Waals surface area contributed by atoms with Crippen molar-refractivity contribution in [3.05, 3.63) is 0 Å². The van der Waals surface area contributed by atoms with Gasteiger partial charge in [0.05, 0.1) is 13.7 Å². The number of rotatable bonds is 2. The number of amides is 1. The summed E-state index contributed by atoms with van der Waals surface area (Å²) in [6, 6.07) is -0.0507. The van der Waals surface area contributed by atoms with Crippen molar-refractivity contribution in [3.8, 4) is 0 Å². The zero-order chi connectivity index (χ0) is 13.0. The van der Waals surface area contributed by atoms with Crippen molar-refractivity contribution in [3.63, 3.8) is 0 Å². The minimum absolute atomic E-state index is 0.0686. The lowest BCUT2D eigenvalue weighted by atomic mass is 10.0. The zero-order valence-electron chi connectivity index (χ0n) is 11.0. The largest absolute Gasteiger partial charge is 0.467 e. The summed E-state index contributed by atoms with van der Waals surface area (Å²) in [5.41, 5.74) is 0. The fourth-order valence-electron chi connectivity index (χ4n) is 2.95. The minimum atomic E-state index is -0.500. The van der Waals surface area contributed by atoms with Gasteiger partial charge in [0.15, 0.2) is 0 Å². The lowest BCUT2D eigenvalue weighted by molar-refractivity contribution is -0.148. The van der Waals surface area contributed by atoms with Gasteiger partial charge in [-0.1, -0.05) is 25.7 Å². The van der Waals surface area contributed by atoms with Crippen LogP contribution in [0.25, 0.3) is 0 Å². The van der Waals surface area contributed by atoms with Crippen LogP contribution in [0.2, 0.25) is 0 Å². The quantitative estimate of drug-likeness (QED) is 0.581. The summed E-state index contributed by atoms with van der Waals surface area (Å²) in [6.45, 7) is 1.00. The molecule has 5 heteroatoms. The first kappa shape index (κ1) is 13.3. The molecule has 1 unspecified atom stereocenters. The number of ether oxygens (including phenoxy) is 1. The van der Waals surface area contributed by atoms with Crippen LogP contribution in [0.5, 0.6) is 0 Å². The van der Waals surface area contributed by atoms with Crippen LogP contribution < -0.4 is 5.32 Å². The third-order valence-corrected chi connectivity index (χ3v) is 3.93. The predicted molar refractivity (Wildman–Crippen MR) is 67.0 cm³/mol. The summed E-state index contributed by atoms with van der Waals surface area (Å²) < 4.78 is 4.72. The second kappa shape index (κ2) is 6.18. The monoisotopic (exact) mass is 254 g/mol. The highest BCUT2D eigenvalue weighted by Gasteiger charge is 2.33. The van der Waals surface area contributed by atoms with Crippen molar-refractivity contribution < 1.29 is 14.3 Å². The summed E-state index contributed by atoms with van der Waals surface area (Å²) in [5.74, 6) is -0.414. The molecule has 0 bridgehead atoms. The van der Waals surface area contributed by atoms with Gasteiger partial charge < -0.3 is 10.1 Å². The van der Waals surface area contributed by atoms with Gasteiger partial charge in [-0.15, -0.1) is 0 Å². The zero-order valence-corrected chi connectivity index (χ0v) is 11.0. The smallest absolute Gasteiger partial charge is 0.329 e. The number of hydrogen-bond donors (Lipinski definition) is 1. The third-order valence-electron chi connectivity index (χ3n) is 3.93. The molecule has 1 saturated heterocycles. The van der Waals surface area contributed by atoms with E-state index >= 15 is 0 Å². The molecule has 102 valence electrons. The van der Waals surface area contributed by atoms with Crippen LogP contribution in [0.15, 0.2) is 0 Å². The molecule has 1 amide bonds. The predicted octanol–water partition coefficient (Wildman–Crippen LogP) is 0.683. The Labute approximate surface area is 108 Å². The summed E-state index contributed by atoms with van der Waals surface area (Å²) in [5, 5.41) is 2.70. The molecule has 0 spiro atoms. The highest BCUT2D eigenvalue weighted by Crippen LogP contribution is 2.23. The van der Waals surface area contributed by atoms with Crippen LogP contribution >= 0.6 is 0 Å². The Balaban J connectivity index is 1.98. The van der Waals surface area contributed by atoms with Crippen LogP contribution in [0.1, 0.15) is 38.5 Å². The Hall–Kier alpha value is -1.10. The van der Waals surface area contributed by atoms with Crippen molar-refractivity contribution in [2.75, 3.05) is 20.2 Å². The Bertz CT molecular complexity index is 311. The van der Waals surface area contributed by atoms with Crippen LogP contribution in [-0.4, -0.2) is 49.1 Å². The molecule has 1 N–H and O–H groups in total. The minimum Gasteiger partial charge on any atom is -0.467 e. The molecule has 1 atom stereocenters. The van der Waals surface area contributed by atoms with Gasteiger partial charge in [0.25, 0.3) is 0 Å². The second-order valence-electron chi connectivity index (χ2n) is 5.22. The van der Waals surface area contributed by atoms with E-state index in [2.05, 4.69) is 10.2 Å².